The number of hydrogen-bond donors (Lipinski definition) is 0. The fourth-order valence-corrected chi connectivity index (χ4v) is 1.14. The van der Waals surface area contributed by atoms with E-state index in [2.05, 4.69) is 8.83 Å². The normalized spacial score (nSPS) is 9.33. The maximum Gasteiger partial charge on any atom is 0.343 e. The Morgan fingerprint density at radius 2 is 1.20 bits per heavy atom. The van der Waals surface area contributed by atoms with Gasteiger partial charge in [0.25, 0.3) is 0 Å². The molecule has 78 valence electrons. The summed E-state index contributed by atoms with van der Waals surface area (Å²) >= 11 is 0. The van der Waals surface area contributed by atoms with Crippen LogP contribution in [0.25, 0.3) is 11.1 Å². The molecule has 0 fully saturated rings. The van der Waals surface area contributed by atoms with Crippen molar-refractivity contribution in [3.05, 3.63) is 57.6 Å². The van der Waals surface area contributed by atoms with Crippen molar-refractivity contribution in [2.75, 3.05) is 0 Å². The molecule has 0 aromatic carbocycles. The zero-order chi connectivity index (χ0) is 9.97. The van der Waals surface area contributed by atoms with E-state index in [4.69, 9.17) is 0 Å². The van der Waals surface area contributed by atoms with Crippen LogP contribution in [0.5, 0.6) is 0 Å². The van der Waals surface area contributed by atoms with Gasteiger partial charge in [0.1, 0.15) is 0 Å². The van der Waals surface area contributed by atoms with E-state index in [1.165, 1.54) is 24.7 Å². The Morgan fingerprint density at radius 3 is 1.53 bits per heavy atom. The Morgan fingerprint density at radius 1 is 0.800 bits per heavy atom. The van der Waals surface area contributed by atoms with Gasteiger partial charge in [-0.1, -0.05) is 0 Å². The molecule has 2 aromatic heterocycles. The highest BCUT2D eigenvalue weighted by Crippen LogP contribution is 2.08. The molecule has 2 N–H and O–H groups in total. The third-order valence-electron chi connectivity index (χ3n) is 1.76. The summed E-state index contributed by atoms with van der Waals surface area (Å²) < 4.78 is 9.26. The standard InChI is InChI=1S/C10H6O4.H2O/c11-9-7(3-1-5-13-9)8-4-2-6-14-10(8)12;/h1-6H;1H2. The number of rotatable bonds is 1. The second-order valence-corrected chi connectivity index (χ2v) is 2.63. The molecule has 0 amide bonds. The maximum absolute atomic E-state index is 11.2. The molecule has 0 saturated heterocycles. The summed E-state index contributed by atoms with van der Waals surface area (Å²) in [6.45, 7) is 0. The van der Waals surface area contributed by atoms with Crippen LogP contribution in [-0.4, -0.2) is 5.48 Å². The lowest BCUT2D eigenvalue weighted by Crippen LogP contribution is -2.09. The molecule has 0 aliphatic heterocycles. The Kier molecular flexibility index (Phi) is 3.20. The van der Waals surface area contributed by atoms with Crippen molar-refractivity contribution in [2.24, 2.45) is 0 Å². The van der Waals surface area contributed by atoms with Crippen LogP contribution in [0.1, 0.15) is 0 Å². The van der Waals surface area contributed by atoms with Crippen LogP contribution in [0, 0.1) is 0 Å². The third-order valence-corrected chi connectivity index (χ3v) is 1.76. The molecular formula is C10H8O5. The lowest BCUT2D eigenvalue weighted by molar-refractivity contribution is 0.503. The summed E-state index contributed by atoms with van der Waals surface area (Å²) in [7, 11) is 0. The fraction of sp³-hybridized carbons (Fsp3) is 0. The Hall–Kier alpha value is -2.14. The second-order valence-electron chi connectivity index (χ2n) is 2.63. The van der Waals surface area contributed by atoms with Crippen LogP contribution >= 0.6 is 0 Å². The average Bonchev–Trinajstić information content (AvgIpc) is 2.20. The van der Waals surface area contributed by atoms with Crippen LogP contribution in [0.15, 0.2) is 55.2 Å². The van der Waals surface area contributed by atoms with E-state index in [0.29, 0.717) is 0 Å². The van der Waals surface area contributed by atoms with Crippen molar-refractivity contribution in [1.82, 2.24) is 0 Å². The molecule has 0 saturated carbocycles. The average molecular weight is 208 g/mol. The molecule has 2 heterocycles. The molecule has 0 spiro atoms. The van der Waals surface area contributed by atoms with E-state index in [-0.39, 0.29) is 16.6 Å². The van der Waals surface area contributed by atoms with Gasteiger partial charge in [-0.3, -0.25) is 0 Å². The monoisotopic (exact) mass is 208 g/mol. The second kappa shape index (κ2) is 4.39. The first kappa shape index (κ1) is 10.9. The Bertz CT molecular complexity index is 500. The largest absolute Gasteiger partial charge is 0.431 e. The van der Waals surface area contributed by atoms with Crippen molar-refractivity contribution in [3.8, 4) is 11.1 Å². The molecule has 2 aromatic rings. The zero-order valence-corrected chi connectivity index (χ0v) is 7.60. The summed E-state index contributed by atoms with van der Waals surface area (Å²) in [4.78, 5) is 22.4. The highest BCUT2D eigenvalue weighted by Gasteiger charge is 2.07. The quantitative estimate of drug-likeness (QED) is 0.679. The molecule has 5 nitrogen and oxygen atoms in total. The summed E-state index contributed by atoms with van der Waals surface area (Å²) in [6.07, 6.45) is 2.52. The van der Waals surface area contributed by atoms with Gasteiger partial charge in [-0.25, -0.2) is 9.59 Å². The van der Waals surface area contributed by atoms with Crippen molar-refractivity contribution in [3.63, 3.8) is 0 Å². The minimum Gasteiger partial charge on any atom is -0.431 e. The predicted molar refractivity (Wildman–Crippen MR) is 52.6 cm³/mol. The van der Waals surface area contributed by atoms with E-state index in [1.807, 2.05) is 0 Å². The minimum absolute atomic E-state index is 0. The van der Waals surface area contributed by atoms with Gasteiger partial charge >= 0.3 is 11.3 Å². The lowest BCUT2D eigenvalue weighted by atomic mass is 10.1. The van der Waals surface area contributed by atoms with Crippen molar-refractivity contribution >= 4 is 0 Å². The topological polar surface area (TPSA) is 91.9 Å². The van der Waals surface area contributed by atoms with Crippen LogP contribution in [0.3, 0.4) is 0 Å². The van der Waals surface area contributed by atoms with E-state index in [9.17, 15) is 9.59 Å². The number of hydrogen-bond acceptors (Lipinski definition) is 4. The molecule has 0 aliphatic rings. The summed E-state index contributed by atoms with van der Waals surface area (Å²) in [6, 6.07) is 6.11. The first-order valence-corrected chi connectivity index (χ1v) is 3.95. The molecule has 2 rings (SSSR count). The van der Waals surface area contributed by atoms with Gasteiger partial charge in [-0.2, -0.15) is 0 Å². The molecule has 0 atom stereocenters. The SMILES string of the molecule is O.O=c1occcc1-c1cccoc1=O. The van der Waals surface area contributed by atoms with Gasteiger partial charge in [-0.15, -0.1) is 0 Å². The Labute approximate surface area is 83.9 Å². The molecule has 0 bridgehead atoms. The molecule has 0 aliphatic carbocycles. The van der Waals surface area contributed by atoms with Crippen molar-refractivity contribution < 1.29 is 14.3 Å². The molecule has 0 unspecified atom stereocenters. The predicted octanol–water partition coefficient (Wildman–Crippen LogP) is 0.435. The van der Waals surface area contributed by atoms with E-state index in [0.717, 1.165) is 0 Å². The lowest BCUT2D eigenvalue weighted by Gasteiger charge is -1.94. The van der Waals surface area contributed by atoms with Gasteiger partial charge in [0, 0.05) is 0 Å². The highest BCUT2D eigenvalue weighted by atomic mass is 16.4. The molecule has 0 radical (unpaired) electrons. The first-order valence-electron chi connectivity index (χ1n) is 3.95. The van der Waals surface area contributed by atoms with E-state index >= 15 is 0 Å². The molecule has 5 heteroatoms. The first-order chi connectivity index (χ1) is 6.79. The van der Waals surface area contributed by atoms with E-state index in [1.54, 1.807) is 12.1 Å². The van der Waals surface area contributed by atoms with Crippen LogP contribution in [0.2, 0.25) is 0 Å². The van der Waals surface area contributed by atoms with Gasteiger partial charge < -0.3 is 14.3 Å². The van der Waals surface area contributed by atoms with Gasteiger partial charge in [0.15, 0.2) is 0 Å². The fourth-order valence-electron chi connectivity index (χ4n) is 1.14. The summed E-state index contributed by atoms with van der Waals surface area (Å²) in [5, 5.41) is 0. The maximum atomic E-state index is 11.2. The van der Waals surface area contributed by atoms with Crippen LogP contribution < -0.4 is 11.3 Å². The summed E-state index contributed by atoms with van der Waals surface area (Å²) in [5.41, 5.74) is -0.680. The van der Waals surface area contributed by atoms with Crippen molar-refractivity contribution in [2.45, 2.75) is 0 Å². The highest BCUT2D eigenvalue weighted by molar-refractivity contribution is 5.59. The Balaban J connectivity index is 0.00000112. The van der Waals surface area contributed by atoms with Crippen molar-refractivity contribution in [1.29, 1.82) is 0 Å². The van der Waals surface area contributed by atoms with Crippen LogP contribution in [0.4, 0.5) is 0 Å². The molecule has 15 heavy (non-hydrogen) atoms. The smallest absolute Gasteiger partial charge is 0.343 e. The minimum atomic E-state index is -0.550. The molecular weight excluding hydrogens is 200 g/mol. The third kappa shape index (κ3) is 2.03. The summed E-state index contributed by atoms with van der Waals surface area (Å²) in [5.74, 6) is 0. The zero-order valence-electron chi connectivity index (χ0n) is 7.60. The van der Waals surface area contributed by atoms with Gasteiger partial charge in [0.05, 0.1) is 23.7 Å². The van der Waals surface area contributed by atoms with Gasteiger partial charge in [0.2, 0.25) is 0 Å². The van der Waals surface area contributed by atoms with E-state index < -0.39 is 11.3 Å². The van der Waals surface area contributed by atoms with Crippen LogP contribution in [-0.2, 0) is 0 Å². The van der Waals surface area contributed by atoms with Gasteiger partial charge in [-0.05, 0) is 24.3 Å².